The Morgan fingerprint density at radius 1 is 0.962 bits per heavy atom. The highest BCUT2D eigenvalue weighted by molar-refractivity contribution is 6.34. The fourth-order valence-electron chi connectivity index (χ4n) is 2.98. The van der Waals surface area contributed by atoms with Gasteiger partial charge < -0.3 is 15.1 Å². The van der Waals surface area contributed by atoms with Gasteiger partial charge in [0.2, 0.25) is 5.91 Å². The minimum absolute atomic E-state index is 0.0695. The van der Waals surface area contributed by atoms with E-state index in [4.69, 9.17) is 23.2 Å². The Morgan fingerprint density at radius 3 is 2.23 bits per heavy atom. The van der Waals surface area contributed by atoms with Crippen LogP contribution in [0.2, 0.25) is 10.0 Å². The van der Waals surface area contributed by atoms with Crippen LogP contribution in [0.1, 0.15) is 17.3 Å². The number of nitrogens with zero attached hydrogens (tertiary/aromatic N) is 2. The molecule has 26 heavy (non-hydrogen) atoms. The van der Waals surface area contributed by atoms with Crippen LogP contribution in [-0.4, -0.2) is 42.9 Å². The molecule has 0 spiro atoms. The van der Waals surface area contributed by atoms with Gasteiger partial charge in [-0.2, -0.15) is 0 Å². The van der Waals surface area contributed by atoms with Crippen LogP contribution in [-0.2, 0) is 4.79 Å². The summed E-state index contributed by atoms with van der Waals surface area (Å²) in [7, 11) is 0. The third-order valence-electron chi connectivity index (χ3n) is 4.38. The van der Waals surface area contributed by atoms with Gasteiger partial charge in [0.1, 0.15) is 0 Å². The first-order valence-electron chi connectivity index (χ1n) is 8.31. The smallest absolute Gasteiger partial charge is 0.255 e. The molecule has 1 fully saturated rings. The summed E-state index contributed by atoms with van der Waals surface area (Å²) in [6.07, 6.45) is 0. The highest BCUT2D eigenvalue weighted by Gasteiger charge is 2.23. The molecule has 2 aromatic carbocycles. The number of para-hydroxylation sites is 1. The second-order valence-electron chi connectivity index (χ2n) is 6.09. The maximum Gasteiger partial charge on any atom is 0.255 e. The number of carbonyl (C=O) groups excluding carboxylic acids is 2. The zero-order valence-electron chi connectivity index (χ0n) is 14.3. The Balaban J connectivity index is 1.80. The first-order chi connectivity index (χ1) is 12.5. The number of hydrogen-bond donors (Lipinski definition) is 1. The summed E-state index contributed by atoms with van der Waals surface area (Å²) in [6, 6.07) is 12.1. The van der Waals surface area contributed by atoms with E-state index in [1.165, 1.54) is 0 Å². The summed E-state index contributed by atoms with van der Waals surface area (Å²) in [4.78, 5) is 28.0. The van der Waals surface area contributed by atoms with Crippen molar-refractivity contribution in [3.05, 3.63) is 58.1 Å². The Bertz CT molecular complexity index is 816. The number of hydrogen-bond acceptors (Lipinski definition) is 3. The highest BCUT2D eigenvalue weighted by atomic mass is 35.5. The van der Waals surface area contributed by atoms with Gasteiger partial charge in [-0.1, -0.05) is 29.3 Å². The molecule has 0 saturated carbocycles. The molecule has 0 radical (unpaired) electrons. The third-order valence-corrected chi connectivity index (χ3v) is 4.94. The Hall–Kier alpha value is -2.24. The molecule has 1 aliphatic rings. The monoisotopic (exact) mass is 391 g/mol. The molecule has 1 aliphatic heterocycles. The lowest BCUT2D eigenvalue weighted by atomic mass is 10.1. The SMILES string of the molecule is CC(=O)N1CCN(c2c(Cl)cccc2NC(=O)c2ccc(Cl)cc2)CC1. The molecule has 1 N–H and O–H groups in total. The van der Waals surface area contributed by atoms with E-state index < -0.39 is 0 Å². The van der Waals surface area contributed by atoms with E-state index in [1.807, 2.05) is 6.07 Å². The lowest BCUT2D eigenvalue weighted by Gasteiger charge is -2.37. The van der Waals surface area contributed by atoms with E-state index in [0.29, 0.717) is 47.5 Å². The number of carbonyl (C=O) groups is 2. The molecule has 0 aromatic heterocycles. The third kappa shape index (κ3) is 4.11. The van der Waals surface area contributed by atoms with Gasteiger partial charge in [0, 0.05) is 43.7 Å². The molecule has 2 amide bonds. The molecule has 0 unspecified atom stereocenters. The van der Waals surface area contributed by atoms with Crippen LogP contribution >= 0.6 is 23.2 Å². The topological polar surface area (TPSA) is 52.7 Å². The second kappa shape index (κ2) is 7.98. The zero-order chi connectivity index (χ0) is 18.7. The molecule has 136 valence electrons. The lowest BCUT2D eigenvalue weighted by Crippen LogP contribution is -2.48. The van der Waals surface area contributed by atoms with Crippen molar-refractivity contribution >= 4 is 46.4 Å². The van der Waals surface area contributed by atoms with Crippen molar-refractivity contribution in [2.24, 2.45) is 0 Å². The highest BCUT2D eigenvalue weighted by Crippen LogP contribution is 2.35. The van der Waals surface area contributed by atoms with Crippen molar-refractivity contribution in [3.8, 4) is 0 Å². The molecule has 1 saturated heterocycles. The van der Waals surface area contributed by atoms with Crippen LogP contribution in [0.4, 0.5) is 11.4 Å². The van der Waals surface area contributed by atoms with Gasteiger partial charge >= 0.3 is 0 Å². The molecular formula is C19H19Cl2N3O2. The Morgan fingerprint density at radius 2 is 1.62 bits per heavy atom. The van der Waals surface area contributed by atoms with E-state index in [-0.39, 0.29) is 11.8 Å². The normalized spacial score (nSPS) is 14.3. The molecule has 3 rings (SSSR count). The maximum absolute atomic E-state index is 12.5. The van der Waals surface area contributed by atoms with Crippen LogP contribution in [0.5, 0.6) is 0 Å². The predicted molar refractivity (Wildman–Crippen MR) is 105 cm³/mol. The molecule has 1 heterocycles. The Kier molecular flexibility index (Phi) is 5.69. The van der Waals surface area contributed by atoms with E-state index in [2.05, 4.69) is 10.2 Å². The number of amides is 2. The van der Waals surface area contributed by atoms with Crippen molar-refractivity contribution in [3.63, 3.8) is 0 Å². The van der Waals surface area contributed by atoms with Gasteiger partial charge in [-0.25, -0.2) is 0 Å². The van der Waals surface area contributed by atoms with Gasteiger partial charge in [-0.3, -0.25) is 9.59 Å². The minimum atomic E-state index is -0.229. The van der Waals surface area contributed by atoms with Gasteiger partial charge in [-0.15, -0.1) is 0 Å². The first-order valence-corrected chi connectivity index (χ1v) is 9.07. The quantitative estimate of drug-likeness (QED) is 0.862. The van der Waals surface area contributed by atoms with Crippen molar-refractivity contribution < 1.29 is 9.59 Å². The summed E-state index contributed by atoms with van der Waals surface area (Å²) in [6.45, 7) is 4.15. The fourth-order valence-corrected chi connectivity index (χ4v) is 3.40. The molecule has 0 bridgehead atoms. The van der Waals surface area contributed by atoms with Gasteiger partial charge in [0.15, 0.2) is 0 Å². The fraction of sp³-hybridized carbons (Fsp3) is 0.263. The summed E-state index contributed by atoms with van der Waals surface area (Å²) in [5.41, 5.74) is 1.94. The molecular weight excluding hydrogens is 373 g/mol. The van der Waals surface area contributed by atoms with E-state index in [1.54, 1.807) is 48.2 Å². The van der Waals surface area contributed by atoms with Gasteiger partial charge in [0.25, 0.3) is 5.91 Å². The second-order valence-corrected chi connectivity index (χ2v) is 6.93. The summed E-state index contributed by atoms with van der Waals surface area (Å²) < 4.78 is 0. The van der Waals surface area contributed by atoms with Crippen LogP contribution in [0.3, 0.4) is 0 Å². The maximum atomic E-state index is 12.5. The van der Waals surface area contributed by atoms with Crippen molar-refractivity contribution in [1.29, 1.82) is 0 Å². The summed E-state index contributed by atoms with van der Waals surface area (Å²) in [5, 5.41) is 4.07. The first kappa shape index (κ1) is 18.5. The molecule has 2 aromatic rings. The van der Waals surface area contributed by atoms with Gasteiger partial charge in [-0.05, 0) is 36.4 Å². The largest absolute Gasteiger partial charge is 0.365 e. The van der Waals surface area contributed by atoms with E-state index in [9.17, 15) is 9.59 Å². The number of benzene rings is 2. The number of piperazine rings is 1. The van der Waals surface area contributed by atoms with Gasteiger partial charge in [0.05, 0.1) is 16.4 Å². The number of halogens is 2. The summed E-state index contributed by atoms with van der Waals surface area (Å²) >= 11 is 12.3. The molecule has 0 atom stereocenters. The average molecular weight is 392 g/mol. The number of rotatable bonds is 3. The summed E-state index contributed by atoms with van der Waals surface area (Å²) in [5.74, 6) is -0.160. The van der Waals surface area contributed by atoms with Crippen molar-refractivity contribution in [2.75, 3.05) is 36.4 Å². The molecule has 0 aliphatic carbocycles. The molecule has 5 nitrogen and oxygen atoms in total. The van der Waals surface area contributed by atoms with Crippen molar-refractivity contribution in [2.45, 2.75) is 6.92 Å². The Labute approximate surface area is 162 Å². The standard InChI is InChI=1S/C19H19Cl2N3O2/c1-13(25)23-9-11-24(12-10-23)18-16(21)3-2-4-17(18)22-19(26)14-5-7-15(20)8-6-14/h2-8H,9-12H2,1H3,(H,22,26). The average Bonchev–Trinajstić information content (AvgIpc) is 2.62. The predicted octanol–water partition coefficient (Wildman–Crippen LogP) is 3.91. The number of nitrogens with one attached hydrogen (secondary N) is 1. The zero-order valence-corrected chi connectivity index (χ0v) is 15.8. The van der Waals surface area contributed by atoms with Crippen molar-refractivity contribution in [1.82, 2.24) is 4.90 Å². The lowest BCUT2D eigenvalue weighted by molar-refractivity contribution is -0.129. The van der Waals surface area contributed by atoms with Crippen LogP contribution in [0.25, 0.3) is 0 Å². The van der Waals surface area contributed by atoms with Crippen LogP contribution in [0.15, 0.2) is 42.5 Å². The van der Waals surface area contributed by atoms with Crippen LogP contribution < -0.4 is 10.2 Å². The van der Waals surface area contributed by atoms with E-state index >= 15 is 0 Å². The minimum Gasteiger partial charge on any atom is -0.365 e. The number of anilines is 2. The van der Waals surface area contributed by atoms with E-state index in [0.717, 1.165) is 5.69 Å². The van der Waals surface area contributed by atoms with Crippen LogP contribution in [0, 0.1) is 0 Å². The molecule has 7 heteroatoms.